The number of sulfonamides is 1. The number of nitrogens with one attached hydrogen (secondary N) is 2. The van der Waals surface area contributed by atoms with Crippen molar-refractivity contribution in [3.63, 3.8) is 0 Å². The standard InChI is InChI=1S/C7H12N2O3S/c1-8-4-5-9-13(10,11)7-3-2-6-12-7/h2-3,6,8-9H,4-5H2,1H3. The second-order valence-electron chi connectivity index (χ2n) is 2.43. The number of furan rings is 1. The van der Waals surface area contributed by atoms with Crippen LogP contribution >= 0.6 is 0 Å². The highest BCUT2D eigenvalue weighted by molar-refractivity contribution is 7.89. The van der Waals surface area contributed by atoms with Crippen LogP contribution in [-0.4, -0.2) is 28.6 Å². The molecule has 0 unspecified atom stereocenters. The molecule has 0 aromatic carbocycles. The van der Waals surface area contributed by atoms with Crippen molar-refractivity contribution in [2.24, 2.45) is 0 Å². The Kier molecular flexibility index (Phi) is 3.47. The molecule has 0 aliphatic carbocycles. The number of hydrogen-bond acceptors (Lipinski definition) is 4. The van der Waals surface area contributed by atoms with Gasteiger partial charge in [-0.2, -0.15) is 0 Å². The van der Waals surface area contributed by atoms with E-state index in [0.717, 1.165) is 0 Å². The van der Waals surface area contributed by atoms with Gasteiger partial charge in [0, 0.05) is 13.1 Å². The molecular formula is C7H12N2O3S. The smallest absolute Gasteiger partial charge is 0.273 e. The predicted molar refractivity (Wildman–Crippen MR) is 47.8 cm³/mol. The quantitative estimate of drug-likeness (QED) is 0.650. The van der Waals surface area contributed by atoms with E-state index in [-0.39, 0.29) is 5.09 Å². The minimum atomic E-state index is -3.45. The maximum absolute atomic E-state index is 11.3. The molecule has 1 aromatic heterocycles. The average Bonchev–Trinajstić information content (AvgIpc) is 2.56. The Morgan fingerprint density at radius 2 is 2.23 bits per heavy atom. The van der Waals surface area contributed by atoms with Crippen LogP contribution in [-0.2, 0) is 10.0 Å². The molecule has 0 atom stereocenters. The van der Waals surface area contributed by atoms with Gasteiger partial charge in [0.1, 0.15) is 0 Å². The van der Waals surface area contributed by atoms with E-state index < -0.39 is 10.0 Å². The molecule has 0 amide bonds. The van der Waals surface area contributed by atoms with Crippen LogP contribution in [0.15, 0.2) is 27.9 Å². The van der Waals surface area contributed by atoms with Crippen molar-refractivity contribution >= 4 is 10.0 Å². The van der Waals surface area contributed by atoms with Gasteiger partial charge in [-0.15, -0.1) is 0 Å². The largest absolute Gasteiger partial charge is 0.452 e. The summed E-state index contributed by atoms with van der Waals surface area (Å²) in [6.45, 7) is 0.930. The fourth-order valence-corrected chi connectivity index (χ4v) is 1.75. The maximum Gasteiger partial charge on any atom is 0.273 e. The third-order valence-corrected chi connectivity index (χ3v) is 2.77. The Bertz CT molecular complexity index is 331. The van der Waals surface area contributed by atoms with E-state index in [0.29, 0.717) is 13.1 Å². The normalized spacial score (nSPS) is 11.8. The molecule has 0 saturated heterocycles. The zero-order chi connectivity index (χ0) is 9.73. The molecule has 0 aliphatic heterocycles. The summed E-state index contributed by atoms with van der Waals surface area (Å²) in [5.74, 6) is 0. The van der Waals surface area contributed by atoms with E-state index in [4.69, 9.17) is 4.42 Å². The highest BCUT2D eigenvalue weighted by Crippen LogP contribution is 2.07. The summed E-state index contributed by atoms with van der Waals surface area (Å²) in [4.78, 5) is 0. The van der Waals surface area contributed by atoms with Crippen molar-refractivity contribution in [1.82, 2.24) is 10.0 Å². The Hall–Kier alpha value is -0.850. The first-order valence-corrected chi connectivity index (χ1v) is 5.33. The van der Waals surface area contributed by atoms with Gasteiger partial charge in [-0.25, -0.2) is 13.1 Å². The van der Waals surface area contributed by atoms with Crippen LogP contribution in [0.3, 0.4) is 0 Å². The fourth-order valence-electron chi connectivity index (χ4n) is 0.798. The second-order valence-corrected chi connectivity index (χ2v) is 4.13. The lowest BCUT2D eigenvalue weighted by Gasteiger charge is -2.02. The number of hydrogen-bond donors (Lipinski definition) is 2. The van der Waals surface area contributed by atoms with Crippen molar-refractivity contribution in [1.29, 1.82) is 0 Å². The molecule has 0 radical (unpaired) electrons. The average molecular weight is 204 g/mol. The molecule has 1 aromatic rings. The maximum atomic E-state index is 11.3. The van der Waals surface area contributed by atoms with E-state index in [1.54, 1.807) is 7.05 Å². The van der Waals surface area contributed by atoms with Gasteiger partial charge in [-0.3, -0.25) is 0 Å². The van der Waals surface area contributed by atoms with Gasteiger partial charge in [0.05, 0.1) is 6.26 Å². The molecule has 2 N–H and O–H groups in total. The van der Waals surface area contributed by atoms with Gasteiger partial charge >= 0.3 is 0 Å². The minimum Gasteiger partial charge on any atom is -0.452 e. The summed E-state index contributed by atoms with van der Waals surface area (Å²) < 4.78 is 29.8. The topological polar surface area (TPSA) is 71.3 Å². The molecule has 0 saturated carbocycles. The van der Waals surface area contributed by atoms with Crippen molar-refractivity contribution in [2.45, 2.75) is 5.09 Å². The number of rotatable bonds is 5. The molecular weight excluding hydrogens is 192 g/mol. The minimum absolute atomic E-state index is 0.0522. The lowest BCUT2D eigenvalue weighted by atomic mass is 10.7. The Labute approximate surface area is 77.2 Å². The van der Waals surface area contributed by atoms with Crippen LogP contribution in [0.4, 0.5) is 0 Å². The highest BCUT2D eigenvalue weighted by atomic mass is 32.2. The predicted octanol–water partition coefficient (Wildman–Crippen LogP) is -0.223. The molecule has 0 spiro atoms. The molecule has 13 heavy (non-hydrogen) atoms. The van der Waals surface area contributed by atoms with Crippen molar-refractivity contribution in [3.05, 3.63) is 18.4 Å². The number of likely N-dealkylation sites (N-methyl/N-ethyl adjacent to an activating group) is 1. The molecule has 0 fully saturated rings. The van der Waals surface area contributed by atoms with Crippen LogP contribution in [0.2, 0.25) is 0 Å². The molecule has 0 bridgehead atoms. The summed E-state index contributed by atoms with van der Waals surface area (Å²) in [7, 11) is -1.69. The molecule has 5 nitrogen and oxygen atoms in total. The summed E-state index contributed by atoms with van der Waals surface area (Å²) >= 11 is 0. The van der Waals surface area contributed by atoms with Crippen molar-refractivity contribution in [3.8, 4) is 0 Å². The van der Waals surface area contributed by atoms with Crippen LogP contribution in [0.5, 0.6) is 0 Å². The summed E-state index contributed by atoms with van der Waals surface area (Å²) in [5.41, 5.74) is 0. The van der Waals surface area contributed by atoms with Crippen LogP contribution in [0.25, 0.3) is 0 Å². The van der Waals surface area contributed by atoms with Crippen LogP contribution in [0.1, 0.15) is 0 Å². The Balaban J connectivity index is 2.58. The van der Waals surface area contributed by atoms with Gasteiger partial charge in [-0.05, 0) is 19.2 Å². The van der Waals surface area contributed by atoms with E-state index in [2.05, 4.69) is 10.0 Å². The first-order chi connectivity index (χ1) is 6.17. The fraction of sp³-hybridized carbons (Fsp3) is 0.429. The van der Waals surface area contributed by atoms with E-state index in [9.17, 15) is 8.42 Å². The SMILES string of the molecule is CNCCNS(=O)(=O)c1ccco1. The zero-order valence-corrected chi connectivity index (χ0v) is 8.10. The second kappa shape index (κ2) is 4.40. The third-order valence-electron chi connectivity index (χ3n) is 1.43. The van der Waals surface area contributed by atoms with Gasteiger partial charge in [0.25, 0.3) is 10.0 Å². The Morgan fingerprint density at radius 1 is 1.46 bits per heavy atom. The Morgan fingerprint density at radius 3 is 2.77 bits per heavy atom. The van der Waals surface area contributed by atoms with Gasteiger partial charge in [0.15, 0.2) is 0 Å². The van der Waals surface area contributed by atoms with E-state index in [1.165, 1.54) is 18.4 Å². The molecule has 6 heteroatoms. The van der Waals surface area contributed by atoms with E-state index >= 15 is 0 Å². The van der Waals surface area contributed by atoms with Gasteiger partial charge in [-0.1, -0.05) is 0 Å². The highest BCUT2D eigenvalue weighted by Gasteiger charge is 2.15. The monoisotopic (exact) mass is 204 g/mol. The van der Waals surface area contributed by atoms with Crippen molar-refractivity contribution < 1.29 is 12.8 Å². The lowest BCUT2D eigenvalue weighted by molar-refractivity contribution is 0.445. The van der Waals surface area contributed by atoms with E-state index in [1.807, 2.05) is 0 Å². The van der Waals surface area contributed by atoms with Crippen LogP contribution in [0, 0.1) is 0 Å². The van der Waals surface area contributed by atoms with Crippen LogP contribution < -0.4 is 10.0 Å². The first kappa shape index (κ1) is 10.2. The lowest BCUT2D eigenvalue weighted by Crippen LogP contribution is -2.30. The first-order valence-electron chi connectivity index (χ1n) is 3.84. The zero-order valence-electron chi connectivity index (χ0n) is 7.28. The molecule has 1 rings (SSSR count). The van der Waals surface area contributed by atoms with Gasteiger partial charge < -0.3 is 9.73 Å². The van der Waals surface area contributed by atoms with Crippen molar-refractivity contribution in [2.75, 3.05) is 20.1 Å². The molecule has 0 aliphatic rings. The summed E-state index contributed by atoms with van der Waals surface area (Å²) in [6, 6.07) is 2.94. The van der Waals surface area contributed by atoms with Gasteiger partial charge in [0.2, 0.25) is 5.09 Å². The third kappa shape index (κ3) is 2.83. The summed E-state index contributed by atoms with van der Waals surface area (Å²) in [6.07, 6.45) is 1.33. The molecule has 74 valence electrons. The summed E-state index contributed by atoms with van der Waals surface area (Å²) in [5, 5.41) is 2.78. The molecule has 1 heterocycles.